The summed E-state index contributed by atoms with van der Waals surface area (Å²) in [6.45, 7) is 10.2. The summed E-state index contributed by atoms with van der Waals surface area (Å²) in [6, 6.07) is 5.78. The first kappa shape index (κ1) is 23.6. The average Bonchev–Trinajstić information content (AvgIpc) is 3.45. The molecule has 4 rings (SSSR count). The van der Waals surface area contributed by atoms with Gasteiger partial charge in [-0.3, -0.25) is 14.6 Å². The summed E-state index contributed by atoms with van der Waals surface area (Å²) < 4.78 is 15.7. The molecule has 32 heavy (non-hydrogen) atoms. The first-order valence-corrected chi connectivity index (χ1v) is 11.1. The Morgan fingerprint density at radius 3 is 2.41 bits per heavy atom. The van der Waals surface area contributed by atoms with Crippen LogP contribution in [0.3, 0.4) is 0 Å². The van der Waals surface area contributed by atoms with Crippen molar-refractivity contribution in [3.8, 4) is 5.69 Å². The van der Waals surface area contributed by atoms with Gasteiger partial charge in [0.05, 0.1) is 23.0 Å². The molecule has 1 aliphatic heterocycles. The lowest BCUT2D eigenvalue weighted by atomic mass is 10.1. The van der Waals surface area contributed by atoms with Crippen molar-refractivity contribution in [1.82, 2.24) is 19.8 Å². The van der Waals surface area contributed by atoms with E-state index < -0.39 is 5.82 Å². The largest absolute Gasteiger partial charge is 0.334 e. The lowest BCUT2D eigenvalue weighted by molar-refractivity contribution is 0.0643. The van der Waals surface area contributed by atoms with Crippen LogP contribution in [0.2, 0.25) is 0 Å². The van der Waals surface area contributed by atoms with Crippen LogP contribution in [0.4, 0.5) is 4.39 Å². The molecule has 0 atom stereocenters. The average molecular weight is 439 g/mol. The molecule has 1 fully saturated rings. The van der Waals surface area contributed by atoms with Gasteiger partial charge in [-0.1, -0.05) is 0 Å². The number of aromatic nitrogens is 2. The maximum Gasteiger partial charge on any atom is 0.256 e. The van der Waals surface area contributed by atoms with E-state index in [9.17, 15) is 14.0 Å². The Morgan fingerprint density at radius 2 is 1.84 bits per heavy atom. The summed E-state index contributed by atoms with van der Waals surface area (Å²) >= 11 is 0. The molecule has 6 nitrogen and oxygen atoms in total. The number of nitrogens with one attached hydrogen (secondary N) is 1. The monoisotopic (exact) mass is 438 g/mol. The summed E-state index contributed by atoms with van der Waals surface area (Å²) in [6.07, 6.45) is 8.43. The molecular formula is C25H31FN4O2. The van der Waals surface area contributed by atoms with Crippen molar-refractivity contribution >= 4 is 23.1 Å². The van der Waals surface area contributed by atoms with Gasteiger partial charge in [0.25, 0.3) is 5.91 Å². The van der Waals surface area contributed by atoms with Crippen LogP contribution >= 0.6 is 0 Å². The molecule has 0 bridgehead atoms. The molecule has 7 heteroatoms. The molecule has 1 aliphatic rings. The van der Waals surface area contributed by atoms with Crippen LogP contribution in [0.1, 0.15) is 61.3 Å². The molecule has 0 spiro atoms. The number of hydrogen-bond donors (Lipinski definition) is 1. The second-order valence-electron chi connectivity index (χ2n) is 8.48. The molecule has 0 unspecified atom stereocenters. The van der Waals surface area contributed by atoms with Gasteiger partial charge in [-0.25, -0.2) is 4.39 Å². The smallest absolute Gasteiger partial charge is 0.256 e. The highest BCUT2D eigenvalue weighted by Gasteiger charge is 2.25. The number of pyridine rings is 1. The fourth-order valence-corrected chi connectivity index (χ4v) is 4.11. The third kappa shape index (κ3) is 5.05. The third-order valence-corrected chi connectivity index (χ3v) is 5.52. The van der Waals surface area contributed by atoms with Gasteiger partial charge in [0.1, 0.15) is 5.82 Å². The molecule has 2 aromatic heterocycles. The van der Waals surface area contributed by atoms with Crippen LogP contribution in [0, 0.1) is 5.82 Å². The zero-order valence-electron chi connectivity index (χ0n) is 19.1. The predicted molar refractivity (Wildman–Crippen MR) is 125 cm³/mol. The molecule has 3 heterocycles. The van der Waals surface area contributed by atoms with Gasteiger partial charge < -0.3 is 14.8 Å². The Hall–Kier alpha value is -3.06. The second kappa shape index (κ2) is 10.5. The van der Waals surface area contributed by atoms with E-state index in [4.69, 9.17) is 0 Å². The van der Waals surface area contributed by atoms with Gasteiger partial charge in [-0.2, -0.15) is 0 Å². The fourth-order valence-electron chi connectivity index (χ4n) is 4.11. The molecule has 1 amide bonds. The van der Waals surface area contributed by atoms with Gasteiger partial charge in [-0.15, -0.1) is 0 Å². The highest BCUT2D eigenvalue weighted by atomic mass is 19.1. The SMILES string of the molecule is C1CCNC1.CC(C)N(C(=O)c1cc(F)ccc1-n1cc(C=O)c2ccncc21)C(C)C. The Morgan fingerprint density at radius 1 is 1.16 bits per heavy atom. The summed E-state index contributed by atoms with van der Waals surface area (Å²) in [7, 11) is 0. The quantitative estimate of drug-likeness (QED) is 0.591. The minimum absolute atomic E-state index is 0.0396. The summed E-state index contributed by atoms with van der Waals surface area (Å²) in [5.41, 5.74) is 1.93. The van der Waals surface area contributed by atoms with Crippen molar-refractivity contribution < 1.29 is 14.0 Å². The molecule has 3 aromatic rings. The minimum atomic E-state index is -0.486. The van der Waals surface area contributed by atoms with Crippen LogP contribution in [-0.4, -0.2) is 51.8 Å². The van der Waals surface area contributed by atoms with Gasteiger partial charge in [0.2, 0.25) is 0 Å². The Bertz CT molecular complexity index is 1070. The number of fused-ring (bicyclic) bond motifs is 1. The van der Waals surface area contributed by atoms with Crippen molar-refractivity contribution in [3.63, 3.8) is 0 Å². The van der Waals surface area contributed by atoms with E-state index in [1.54, 1.807) is 40.2 Å². The van der Waals surface area contributed by atoms with Crippen molar-refractivity contribution in [1.29, 1.82) is 0 Å². The van der Waals surface area contributed by atoms with Crippen LogP contribution in [0.15, 0.2) is 42.9 Å². The number of rotatable bonds is 5. The van der Waals surface area contributed by atoms with Crippen LogP contribution < -0.4 is 5.32 Å². The first-order valence-electron chi connectivity index (χ1n) is 11.1. The summed E-state index contributed by atoms with van der Waals surface area (Å²) in [5, 5.41) is 3.95. The number of benzene rings is 1. The molecule has 1 N–H and O–H groups in total. The zero-order chi connectivity index (χ0) is 23.3. The molecule has 0 radical (unpaired) electrons. The van der Waals surface area contributed by atoms with E-state index in [0.717, 1.165) is 11.7 Å². The lowest BCUT2D eigenvalue weighted by Crippen LogP contribution is -2.42. The maximum atomic E-state index is 14.0. The van der Waals surface area contributed by atoms with Gasteiger partial charge in [0.15, 0.2) is 6.29 Å². The number of aldehydes is 1. The van der Waals surface area contributed by atoms with E-state index >= 15 is 0 Å². The highest BCUT2D eigenvalue weighted by Crippen LogP contribution is 2.27. The van der Waals surface area contributed by atoms with Gasteiger partial charge in [0, 0.05) is 35.4 Å². The van der Waals surface area contributed by atoms with Crippen LogP contribution in [0.5, 0.6) is 0 Å². The molecule has 0 saturated carbocycles. The molecule has 1 saturated heterocycles. The van der Waals surface area contributed by atoms with E-state index in [0.29, 0.717) is 16.8 Å². The topological polar surface area (TPSA) is 67.2 Å². The van der Waals surface area contributed by atoms with Crippen molar-refractivity contribution in [2.75, 3.05) is 13.1 Å². The Balaban J connectivity index is 0.000000509. The van der Waals surface area contributed by atoms with Crippen molar-refractivity contribution in [2.24, 2.45) is 0 Å². The fraction of sp³-hybridized carbons (Fsp3) is 0.400. The molecular weight excluding hydrogens is 407 g/mol. The number of hydrogen-bond acceptors (Lipinski definition) is 4. The standard InChI is InChI=1S/C21H22FN3O2.C4H9N/c1-13(2)25(14(3)4)21(27)18-9-16(22)5-6-19(18)24-11-15(12-26)17-7-8-23-10-20(17)24;1-2-4-5-3-1/h5-14H,1-4H3;5H,1-4H2. The van der Waals surface area contributed by atoms with E-state index in [1.807, 2.05) is 27.7 Å². The zero-order valence-corrected chi connectivity index (χ0v) is 19.1. The Labute approximate surface area is 188 Å². The third-order valence-electron chi connectivity index (χ3n) is 5.52. The van der Waals surface area contributed by atoms with E-state index in [2.05, 4.69) is 10.3 Å². The lowest BCUT2D eigenvalue weighted by Gasteiger charge is -2.31. The normalized spacial score (nSPS) is 13.3. The predicted octanol–water partition coefficient (Wildman–Crippen LogP) is 4.61. The minimum Gasteiger partial charge on any atom is -0.334 e. The van der Waals surface area contributed by atoms with E-state index in [1.165, 1.54) is 38.1 Å². The second-order valence-corrected chi connectivity index (χ2v) is 8.48. The Kier molecular flexibility index (Phi) is 7.75. The number of carbonyl (C=O) groups is 2. The van der Waals surface area contributed by atoms with Gasteiger partial charge in [-0.05, 0) is 77.9 Å². The van der Waals surface area contributed by atoms with E-state index in [-0.39, 0.29) is 23.6 Å². The number of amides is 1. The first-order chi connectivity index (χ1) is 15.3. The molecule has 0 aliphatic carbocycles. The van der Waals surface area contributed by atoms with Crippen molar-refractivity contribution in [2.45, 2.75) is 52.6 Å². The van der Waals surface area contributed by atoms with Crippen LogP contribution in [-0.2, 0) is 0 Å². The number of nitrogens with zero attached hydrogens (tertiary/aromatic N) is 3. The number of halogens is 1. The number of carbonyl (C=O) groups excluding carboxylic acids is 2. The van der Waals surface area contributed by atoms with Crippen LogP contribution in [0.25, 0.3) is 16.6 Å². The maximum absolute atomic E-state index is 14.0. The van der Waals surface area contributed by atoms with Gasteiger partial charge >= 0.3 is 0 Å². The highest BCUT2D eigenvalue weighted by molar-refractivity contribution is 6.01. The summed E-state index contributed by atoms with van der Waals surface area (Å²) in [5.74, 6) is -0.743. The molecule has 170 valence electrons. The van der Waals surface area contributed by atoms with Crippen molar-refractivity contribution in [3.05, 3.63) is 59.8 Å². The summed E-state index contributed by atoms with van der Waals surface area (Å²) in [4.78, 5) is 30.5. The molecule has 1 aromatic carbocycles.